The van der Waals surface area contributed by atoms with Crippen molar-refractivity contribution in [2.24, 2.45) is 0 Å². The summed E-state index contributed by atoms with van der Waals surface area (Å²) in [7, 11) is 0. The minimum atomic E-state index is -0.0340. The van der Waals surface area contributed by atoms with Crippen molar-refractivity contribution < 1.29 is 4.79 Å². The van der Waals surface area contributed by atoms with Gasteiger partial charge in [-0.2, -0.15) is 0 Å². The van der Waals surface area contributed by atoms with Crippen molar-refractivity contribution in [1.29, 1.82) is 0 Å². The van der Waals surface area contributed by atoms with Gasteiger partial charge in [0.25, 0.3) is 0 Å². The fourth-order valence-electron chi connectivity index (χ4n) is 1.97. The highest BCUT2D eigenvalue weighted by Crippen LogP contribution is 2.22. The van der Waals surface area contributed by atoms with Gasteiger partial charge in [0.2, 0.25) is 5.91 Å². The van der Waals surface area contributed by atoms with Crippen LogP contribution in [0.25, 0.3) is 0 Å². The van der Waals surface area contributed by atoms with Gasteiger partial charge in [0.15, 0.2) is 0 Å². The number of nitrogen functional groups attached to an aromatic ring is 1. The van der Waals surface area contributed by atoms with Crippen LogP contribution in [0.2, 0.25) is 5.02 Å². The van der Waals surface area contributed by atoms with Crippen LogP contribution >= 0.6 is 11.6 Å². The summed E-state index contributed by atoms with van der Waals surface area (Å²) in [6, 6.07) is 13.2. The molecule has 0 aliphatic rings. The lowest BCUT2D eigenvalue weighted by Gasteiger charge is -2.07. The number of carbonyl (C=O) groups excluding carboxylic acids is 1. The zero-order valence-corrected chi connectivity index (χ0v) is 12.1. The molecule has 0 atom stereocenters. The van der Waals surface area contributed by atoms with Gasteiger partial charge in [0.1, 0.15) is 0 Å². The number of rotatable bonds is 4. The molecule has 0 aliphatic heterocycles. The Balaban J connectivity index is 1.91. The van der Waals surface area contributed by atoms with Gasteiger partial charge in [-0.3, -0.25) is 4.79 Å². The molecule has 0 heterocycles. The lowest BCUT2D eigenvalue weighted by atomic mass is 10.1. The lowest BCUT2D eigenvalue weighted by molar-refractivity contribution is -0.116. The highest BCUT2D eigenvalue weighted by molar-refractivity contribution is 6.33. The molecule has 0 spiro atoms. The maximum Gasteiger partial charge on any atom is 0.224 e. The quantitative estimate of drug-likeness (QED) is 0.841. The largest absolute Gasteiger partial charge is 0.397 e. The average Bonchev–Trinajstić information content (AvgIpc) is 2.41. The zero-order valence-electron chi connectivity index (χ0n) is 11.3. The highest BCUT2D eigenvalue weighted by atomic mass is 35.5. The van der Waals surface area contributed by atoms with Crippen molar-refractivity contribution in [1.82, 2.24) is 0 Å². The number of hydrogen-bond acceptors (Lipinski definition) is 2. The summed E-state index contributed by atoms with van der Waals surface area (Å²) in [6.45, 7) is 2.04. The van der Waals surface area contributed by atoms with Gasteiger partial charge in [-0.1, -0.05) is 41.4 Å². The van der Waals surface area contributed by atoms with Crippen molar-refractivity contribution in [3.05, 3.63) is 58.6 Å². The molecule has 0 saturated carbocycles. The van der Waals surface area contributed by atoms with Crippen molar-refractivity contribution in [2.45, 2.75) is 19.8 Å². The van der Waals surface area contributed by atoms with Gasteiger partial charge in [-0.05, 0) is 37.1 Å². The summed E-state index contributed by atoms with van der Waals surface area (Å²) >= 11 is 5.84. The van der Waals surface area contributed by atoms with E-state index in [1.807, 2.05) is 25.1 Å². The number of carbonyl (C=O) groups is 1. The zero-order chi connectivity index (χ0) is 14.5. The molecule has 0 saturated heterocycles. The van der Waals surface area contributed by atoms with E-state index in [0.717, 1.165) is 12.0 Å². The van der Waals surface area contributed by atoms with Gasteiger partial charge in [-0.15, -0.1) is 0 Å². The Hall–Kier alpha value is -2.00. The predicted octanol–water partition coefficient (Wildman–Crippen LogP) is 3.80. The number of benzene rings is 2. The minimum absolute atomic E-state index is 0.0340. The van der Waals surface area contributed by atoms with E-state index in [1.165, 1.54) is 5.56 Å². The van der Waals surface area contributed by atoms with Crippen LogP contribution in [-0.2, 0) is 11.2 Å². The molecule has 2 aromatic carbocycles. The first-order chi connectivity index (χ1) is 9.54. The summed E-state index contributed by atoms with van der Waals surface area (Å²) in [5, 5.41) is 3.31. The van der Waals surface area contributed by atoms with Gasteiger partial charge < -0.3 is 11.1 Å². The molecule has 0 fully saturated rings. The van der Waals surface area contributed by atoms with Crippen LogP contribution in [0.5, 0.6) is 0 Å². The van der Waals surface area contributed by atoms with Crippen LogP contribution < -0.4 is 11.1 Å². The fourth-order valence-corrected chi connectivity index (χ4v) is 2.09. The van der Waals surface area contributed by atoms with Crippen LogP contribution in [0.4, 0.5) is 11.4 Å². The van der Waals surface area contributed by atoms with E-state index in [2.05, 4.69) is 11.4 Å². The Morgan fingerprint density at radius 1 is 1.25 bits per heavy atom. The smallest absolute Gasteiger partial charge is 0.224 e. The fraction of sp³-hybridized carbons (Fsp3) is 0.188. The third-order valence-electron chi connectivity index (χ3n) is 3.00. The molecule has 0 aromatic heterocycles. The molecule has 2 rings (SSSR count). The van der Waals surface area contributed by atoms with E-state index in [4.69, 9.17) is 17.3 Å². The summed E-state index contributed by atoms with van der Waals surface area (Å²) < 4.78 is 0. The standard InChI is InChI=1S/C16H17ClN2O/c1-11-3-2-4-12(9-11)5-8-16(20)19-13-6-7-14(17)15(18)10-13/h2-4,6-7,9-10H,5,8,18H2,1H3,(H,19,20). The van der Waals surface area contributed by atoms with E-state index < -0.39 is 0 Å². The second-order valence-corrected chi connectivity index (χ2v) is 5.18. The number of halogens is 1. The van der Waals surface area contributed by atoms with Crippen molar-refractivity contribution >= 4 is 28.9 Å². The molecule has 3 nitrogen and oxygen atoms in total. The minimum Gasteiger partial charge on any atom is -0.397 e. The van der Waals surface area contributed by atoms with Crippen molar-refractivity contribution in [3.8, 4) is 0 Å². The van der Waals surface area contributed by atoms with Crippen LogP contribution in [-0.4, -0.2) is 5.91 Å². The molecule has 4 heteroatoms. The van der Waals surface area contributed by atoms with Crippen LogP contribution in [0.1, 0.15) is 17.5 Å². The molecule has 2 aromatic rings. The average molecular weight is 289 g/mol. The van der Waals surface area contributed by atoms with Crippen molar-refractivity contribution in [3.63, 3.8) is 0 Å². The summed E-state index contributed by atoms with van der Waals surface area (Å²) in [5.41, 5.74) is 9.19. The number of anilines is 2. The van der Waals surface area contributed by atoms with Gasteiger partial charge in [0.05, 0.1) is 10.7 Å². The van der Waals surface area contributed by atoms with Crippen LogP contribution in [0.3, 0.4) is 0 Å². The highest BCUT2D eigenvalue weighted by Gasteiger charge is 2.05. The normalized spacial score (nSPS) is 10.3. The molecule has 104 valence electrons. The SMILES string of the molecule is Cc1cccc(CCC(=O)Nc2ccc(Cl)c(N)c2)c1. The molecule has 1 amide bonds. The van der Waals surface area contributed by atoms with E-state index in [9.17, 15) is 4.79 Å². The Morgan fingerprint density at radius 3 is 2.75 bits per heavy atom. The Bertz CT molecular complexity index is 626. The molecular formula is C16H17ClN2O. The maximum absolute atomic E-state index is 11.9. The molecule has 3 N–H and O–H groups in total. The summed E-state index contributed by atoms with van der Waals surface area (Å²) in [5.74, 6) is -0.0340. The Morgan fingerprint density at radius 2 is 2.05 bits per heavy atom. The van der Waals surface area contributed by atoms with E-state index >= 15 is 0 Å². The van der Waals surface area contributed by atoms with Crippen LogP contribution in [0, 0.1) is 6.92 Å². The monoisotopic (exact) mass is 288 g/mol. The first-order valence-corrected chi connectivity index (χ1v) is 6.83. The molecule has 0 bridgehead atoms. The first-order valence-electron chi connectivity index (χ1n) is 6.45. The molecule has 0 aliphatic carbocycles. The van der Waals surface area contributed by atoms with Gasteiger partial charge in [-0.25, -0.2) is 0 Å². The lowest BCUT2D eigenvalue weighted by Crippen LogP contribution is -2.12. The van der Waals surface area contributed by atoms with E-state index in [-0.39, 0.29) is 5.91 Å². The third kappa shape index (κ3) is 4.00. The second-order valence-electron chi connectivity index (χ2n) is 4.77. The topological polar surface area (TPSA) is 55.1 Å². The molecule has 0 unspecified atom stereocenters. The third-order valence-corrected chi connectivity index (χ3v) is 3.35. The summed E-state index contributed by atoms with van der Waals surface area (Å²) in [4.78, 5) is 11.9. The number of amides is 1. The Labute approximate surface area is 123 Å². The van der Waals surface area contributed by atoms with E-state index in [0.29, 0.717) is 22.8 Å². The van der Waals surface area contributed by atoms with Crippen molar-refractivity contribution in [2.75, 3.05) is 11.1 Å². The Kier molecular flexibility index (Phi) is 4.64. The second kappa shape index (κ2) is 6.44. The van der Waals surface area contributed by atoms with Gasteiger partial charge >= 0.3 is 0 Å². The number of nitrogens with one attached hydrogen (secondary N) is 1. The molecule has 20 heavy (non-hydrogen) atoms. The molecular weight excluding hydrogens is 272 g/mol. The number of nitrogens with two attached hydrogens (primary N) is 1. The summed E-state index contributed by atoms with van der Waals surface area (Å²) in [6.07, 6.45) is 1.16. The van der Waals surface area contributed by atoms with Crippen LogP contribution in [0.15, 0.2) is 42.5 Å². The maximum atomic E-state index is 11.9. The van der Waals surface area contributed by atoms with Gasteiger partial charge in [0, 0.05) is 12.1 Å². The predicted molar refractivity (Wildman–Crippen MR) is 84.0 cm³/mol. The molecule has 0 radical (unpaired) electrons. The number of hydrogen-bond donors (Lipinski definition) is 2. The van der Waals surface area contributed by atoms with E-state index in [1.54, 1.807) is 18.2 Å². The number of aryl methyl sites for hydroxylation is 2. The first kappa shape index (κ1) is 14.4.